The summed E-state index contributed by atoms with van der Waals surface area (Å²) in [4.78, 5) is 5.95. The molecule has 4 N–H and O–H groups in total. The second kappa shape index (κ2) is 6.37. The summed E-state index contributed by atoms with van der Waals surface area (Å²) in [6.45, 7) is 4.41. The summed E-state index contributed by atoms with van der Waals surface area (Å²) >= 11 is 0. The van der Waals surface area contributed by atoms with Crippen molar-refractivity contribution in [1.29, 1.82) is 5.41 Å². The van der Waals surface area contributed by atoms with Crippen LogP contribution in [0.15, 0.2) is 24.3 Å². The molecule has 0 aromatic heterocycles. The number of hydrogen-bond acceptors (Lipinski definition) is 3. The molecule has 0 saturated carbocycles. The Hall–Kier alpha value is -1.39. The van der Waals surface area contributed by atoms with Crippen LogP contribution in [0.2, 0.25) is 0 Å². The van der Waals surface area contributed by atoms with Crippen LogP contribution in [0.5, 0.6) is 0 Å². The van der Waals surface area contributed by atoms with Crippen molar-refractivity contribution in [2.24, 2.45) is 5.73 Å². The Labute approximate surface area is 121 Å². The maximum absolute atomic E-state index is 7.43. The quantitative estimate of drug-likeness (QED) is 0.551. The van der Waals surface area contributed by atoms with Crippen molar-refractivity contribution in [2.45, 2.75) is 57.6 Å². The number of nitrogens with one attached hydrogen (secondary N) is 2. The predicted molar refractivity (Wildman–Crippen MR) is 81.6 cm³/mol. The van der Waals surface area contributed by atoms with Gasteiger partial charge < -0.3 is 5.73 Å². The summed E-state index contributed by atoms with van der Waals surface area (Å²) in [5.41, 5.74) is 10.6. The minimum absolute atomic E-state index is 0.0204. The van der Waals surface area contributed by atoms with E-state index >= 15 is 0 Å². The third kappa shape index (κ3) is 3.19. The SMILES string of the molecule is CCCC1(CCC)CC(c2ccc(C(=N)N)cc2)NO1. The van der Waals surface area contributed by atoms with Crippen LogP contribution in [0.25, 0.3) is 0 Å². The van der Waals surface area contributed by atoms with Gasteiger partial charge in [0.05, 0.1) is 11.6 Å². The van der Waals surface area contributed by atoms with E-state index in [-0.39, 0.29) is 17.5 Å². The van der Waals surface area contributed by atoms with Crippen LogP contribution >= 0.6 is 0 Å². The summed E-state index contributed by atoms with van der Waals surface area (Å²) in [6, 6.07) is 8.10. The molecule has 1 atom stereocenters. The van der Waals surface area contributed by atoms with Gasteiger partial charge in [0.2, 0.25) is 0 Å². The Morgan fingerprint density at radius 2 is 1.90 bits per heavy atom. The van der Waals surface area contributed by atoms with Gasteiger partial charge in [-0.2, -0.15) is 5.48 Å². The van der Waals surface area contributed by atoms with Gasteiger partial charge in [-0.25, -0.2) is 0 Å². The second-order valence-electron chi connectivity index (χ2n) is 5.70. The van der Waals surface area contributed by atoms with E-state index in [2.05, 4.69) is 19.3 Å². The van der Waals surface area contributed by atoms with Crippen LogP contribution in [0.1, 0.15) is 63.1 Å². The van der Waals surface area contributed by atoms with Gasteiger partial charge in [0.25, 0.3) is 0 Å². The fourth-order valence-corrected chi connectivity index (χ4v) is 3.07. The van der Waals surface area contributed by atoms with Gasteiger partial charge in [0.1, 0.15) is 5.84 Å². The molecule has 0 spiro atoms. The zero-order chi connectivity index (χ0) is 14.6. The van der Waals surface area contributed by atoms with Gasteiger partial charge in [-0.15, -0.1) is 0 Å². The van der Waals surface area contributed by atoms with Crippen molar-refractivity contribution < 1.29 is 4.84 Å². The largest absolute Gasteiger partial charge is 0.384 e. The minimum Gasteiger partial charge on any atom is -0.384 e. The van der Waals surface area contributed by atoms with Crippen LogP contribution < -0.4 is 11.2 Å². The summed E-state index contributed by atoms with van der Waals surface area (Å²) in [7, 11) is 0. The van der Waals surface area contributed by atoms with Crippen molar-refractivity contribution in [1.82, 2.24) is 5.48 Å². The molecule has 1 aliphatic heterocycles. The summed E-state index contributed by atoms with van der Waals surface area (Å²) < 4.78 is 0. The Bertz CT molecular complexity index is 449. The lowest BCUT2D eigenvalue weighted by atomic mass is 9.85. The van der Waals surface area contributed by atoms with Gasteiger partial charge in [0.15, 0.2) is 0 Å². The zero-order valence-electron chi connectivity index (χ0n) is 12.4. The molecule has 0 aliphatic carbocycles. The Kier molecular flexibility index (Phi) is 4.78. The first-order valence-corrected chi connectivity index (χ1v) is 7.48. The first-order chi connectivity index (χ1) is 9.60. The molecular formula is C16H25N3O. The maximum atomic E-state index is 7.43. The average molecular weight is 275 g/mol. The van der Waals surface area contributed by atoms with Crippen LogP contribution in [-0.2, 0) is 4.84 Å². The number of amidine groups is 1. The van der Waals surface area contributed by atoms with Crippen molar-refractivity contribution in [3.63, 3.8) is 0 Å². The lowest BCUT2D eigenvalue weighted by Gasteiger charge is -2.26. The van der Waals surface area contributed by atoms with E-state index < -0.39 is 0 Å². The zero-order valence-corrected chi connectivity index (χ0v) is 12.4. The number of nitrogens with two attached hydrogens (primary N) is 1. The van der Waals surface area contributed by atoms with Crippen LogP contribution in [0.4, 0.5) is 0 Å². The molecule has 1 heterocycles. The molecule has 1 aliphatic rings. The molecule has 0 radical (unpaired) electrons. The normalized spacial score (nSPS) is 21.0. The van der Waals surface area contributed by atoms with Gasteiger partial charge >= 0.3 is 0 Å². The summed E-state index contributed by atoms with van der Waals surface area (Å²) in [5, 5.41) is 7.43. The first kappa shape index (κ1) is 15.0. The third-order valence-corrected chi connectivity index (χ3v) is 4.03. The molecule has 2 rings (SSSR count). The molecule has 1 aromatic carbocycles. The molecule has 1 saturated heterocycles. The van der Waals surface area contributed by atoms with Gasteiger partial charge in [-0.1, -0.05) is 51.0 Å². The lowest BCUT2D eigenvalue weighted by Crippen LogP contribution is -2.28. The molecule has 110 valence electrons. The fourth-order valence-electron chi connectivity index (χ4n) is 3.07. The summed E-state index contributed by atoms with van der Waals surface area (Å²) in [6.07, 6.45) is 5.47. The van der Waals surface area contributed by atoms with Crippen molar-refractivity contribution in [3.05, 3.63) is 35.4 Å². The number of hydroxylamine groups is 1. The number of nitrogen functional groups attached to an aromatic ring is 1. The third-order valence-electron chi connectivity index (χ3n) is 4.03. The highest BCUT2D eigenvalue weighted by Crippen LogP contribution is 2.39. The first-order valence-electron chi connectivity index (χ1n) is 7.48. The number of rotatable bonds is 6. The molecule has 1 unspecified atom stereocenters. The number of benzene rings is 1. The van der Waals surface area contributed by atoms with Gasteiger partial charge in [-0.05, 0) is 18.4 Å². The topological polar surface area (TPSA) is 71.1 Å². The second-order valence-corrected chi connectivity index (χ2v) is 5.70. The van der Waals surface area contributed by atoms with E-state index in [4.69, 9.17) is 16.0 Å². The summed E-state index contributed by atoms with van der Waals surface area (Å²) in [5.74, 6) is 0.110. The molecule has 0 amide bonds. The standard InChI is InChI=1S/C16H25N3O/c1-3-9-16(10-4-2)11-14(19-20-16)12-5-7-13(8-6-12)15(17)18/h5-8,14,19H,3-4,9-11H2,1-2H3,(H3,17,18). The predicted octanol–water partition coefficient (Wildman–Crippen LogP) is 3.28. The minimum atomic E-state index is -0.0204. The van der Waals surface area contributed by atoms with Gasteiger partial charge in [-0.3, -0.25) is 10.2 Å². The van der Waals surface area contributed by atoms with Gasteiger partial charge in [0, 0.05) is 12.0 Å². The molecule has 1 aromatic rings. The highest BCUT2D eigenvalue weighted by molar-refractivity contribution is 5.94. The van der Waals surface area contributed by atoms with E-state index in [9.17, 15) is 0 Å². The van der Waals surface area contributed by atoms with Crippen LogP contribution in [0, 0.1) is 5.41 Å². The van der Waals surface area contributed by atoms with E-state index in [1.165, 1.54) is 5.56 Å². The van der Waals surface area contributed by atoms with E-state index in [0.29, 0.717) is 0 Å². The molecule has 1 fully saturated rings. The average Bonchev–Trinajstić information content (AvgIpc) is 2.84. The highest BCUT2D eigenvalue weighted by Gasteiger charge is 2.39. The smallest absolute Gasteiger partial charge is 0.122 e. The fraction of sp³-hybridized carbons (Fsp3) is 0.562. The molecule has 0 bridgehead atoms. The van der Waals surface area contributed by atoms with Crippen molar-refractivity contribution >= 4 is 5.84 Å². The molecule has 4 nitrogen and oxygen atoms in total. The highest BCUT2D eigenvalue weighted by atomic mass is 16.7. The molecular weight excluding hydrogens is 250 g/mol. The monoisotopic (exact) mass is 275 g/mol. The van der Waals surface area contributed by atoms with E-state index in [1.807, 2.05) is 24.3 Å². The van der Waals surface area contributed by atoms with E-state index in [1.54, 1.807) is 0 Å². The van der Waals surface area contributed by atoms with E-state index in [0.717, 1.165) is 37.7 Å². The maximum Gasteiger partial charge on any atom is 0.122 e. The Balaban J connectivity index is 2.09. The van der Waals surface area contributed by atoms with Crippen LogP contribution in [-0.4, -0.2) is 11.4 Å². The Morgan fingerprint density at radius 3 is 2.40 bits per heavy atom. The van der Waals surface area contributed by atoms with Crippen molar-refractivity contribution in [3.8, 4) is 0 Å². The number of hydrogen-bond donors (Lipinski definition) is 3. The lowest BCUT2D eigenvalue weighted by molar-refractivity contribution is -0.0669. The molecule has 4 heteroatoms. The van der Waals surface area contributed by atoms with Crippen molar-refractivity contribution in [2.75, 3.05) is 0 Å². The Morgan fingerprint density at radius 1 is 1.30 bits per heavy atom. The molecule has 20 heavy (non-hydrogen) atoms. The van der Waals surface area contributed by atoms with Crippen LogP contribution in [0.3, 0.4) is 0 Å².